The van der Waals surface area contributed by atoms with E-state index < -0.39 is 0 Å². The highest BCUT2D eigenvalue weighted by molar-refractivity contribution is 8.41. The summed E-state index contributed by atoms with van der Waals surface area (Å²) in [5.41, 5.74) is 0. The van der Waals surface area contributed by atoms with E-state index in [2.05, 4.69) is 43.2 Å². The van der Waals surface area contributed by atoms with Crippen LogP contribution in [-0.4, -0.2) is 18.8 Å². The maximum absolute atomic E-state index is 5.96. The fourth-order valence-electron chi connectivity index (χ4n) is 3.94. The lowest BCUT2D eigenvalue weighted by Crippen LogP contribution is -2.08. The van der Waals surface area contributed by atoms with Crippen LogP contribution in [0.25, 0.3) is 0 Å². The van der Waals surface area contributed by atoms with Crippen LogP contribution in [0, 0.1) is 0 Å². The van der Waals surface area contributed by atoms with Crippen molar-refractivity contribution in [3.63, 3.8) is 0 Å². The number of hydrogen-bond acceptors (Lipinski definition) is 3. The average molecular weight is 550 g/mol. The molecule has 3 nitrogen and oxygen atoms in total. The van der Waals surface area contributed by atoms with Crippen molar-refractivity contribution in [3.05, 3.63) is 0 Å². The standard InChI is InChI=1S/C22H52O3P6/c1-2-16-21(24-26)17-12-9-7-5-3-4-6-8-10-13-18-22(25-30-27)19-14-11-15-20-23-31(28)29/h21-22,30H,2-20,26-29H2,1H3. The van der Waals surface area contributed by atoms with Crippen LogP contribution in [0.4, 0.5) is 0 Å². The predicted molar refractivity (Wildman–Crippen MR) is 159 cm³/mol. The van der Waals surface area contributed by atoms with Crippen molar-refractivity contribution in [1.29, 1.82) is 0 Å². The molecule has 31 heavy (non-hydrogen) atoms. The first-order valence-corrected chi connectivity index (χ1v) is 20.2. The highest BCUT2D eigenvalue weighted by Crippen LogP contribution is 2.53. The minimum atomic E-state index is -0.362. The van der Waals surface area contributed by atoms with E-state index in [9.17, 15) is 0 Å². The van der Waals surface area contributed by atoms with E-state index in [0.29, 0.717) is 20.7 Å². The van der Waals surface area contributed by atoms with Crippen molar-refractivity contribution in [2.24, 2.45) is 0 Å². The normalized spacial score (nSPS) is 14.1. The van der Waals surface area contributed by atoms with Gasteiger partial charge in [0.05, 0.1) is 26.3 Å². The van der Waals surface area contributed by atoms with Crippen LogP contribution in [0.2, 0.25) is 0 Å². The molecule has 0 aromatic heterocycles. The van der Waals surface area contributed by atoms with Gasteiger partial charge in [-0.15, -0.1) is 0 Å². The summed E-state index contributed by atoms with van der Waals surface area (Å²) in [6.07, 6.45) is 24.5. The SMILES string of the molecule is CCCC(CCCCCCCCCCCCC(CCCCCOP(P)P)OPP)OP. The van der Waals surface area contributed by atoms with Crippen LogP contribution in [0.5, 0.6) is 0 Å². The fourth-order valence-corrected chi connectivity index (χ4v) is 6.19. The molecule has 0 fully saturated rings. The average Bonchev–Trinajstić information content (AvgIpc) is 2.75. The first-order chi connectivity index (χ1) is 15.1. The summed E-state index contributed by atoms with van der Waals surface area (Å²) < 4.78 is 17.0. The van der Waals surface area contributed by atoms with Crippen molar-refractivity contribution in [2.45, 2.75) is 135 Å². The molecule has 0 aliphatic heterocycles. The second-order valence-corrected chi connectivity index (χ2v) is 15.8. The minimum Gasteiger partial charge on any atom is -0.362 e. The van der Waals surface area contributed by atoms with Gasteiger partial charge in [-0.05, 0) is 32.1 Å². The van der Waals surface area contributed by atoms with Crippen LogP contribution in [0.15, 0.2) is 0 Å². The molecule has 0 radical (unpaired) electrons. The Bertz CT molecular complexity index is 353. The molecule has 188 valence electrons. The molecule has 0 aromatic carbocycles. The fraction of sp³-hybridized carbons (Fsp3) is 1.00. The third-order valence-electron chi connectivity index (χ3n) is 5.75. The first-order valence-electron chi connectivity index (χ1n) is 12.5. The molecular weight excluding hydrogens is 498 g/mol. The Kier molecular flexibility index (Phi) is 29.2. The van der Waals surface area contributed by atoms with Gasteiger partial charge in [-0.1, -0.05) is 117 Å². The molecule has 7 atom stereocenters. The maximum atomic E-state index is 5.96. The number of hydrogen-bond donors (Lipinski definition) is 0. The predicted octanol–water partition coefficient (Wildman–Crippen LogP) is 9.97. The second-order valence-electron chi connectivity index (χ2n) is 8.56. The summed E-state index contributed by atoms with van der Waals surface area (Å²) in [6, 6.07) is 0. The van der Waals surface area contributed by atoms with Crippen LogP contribution >= 0.6 is 52.3 Å². The van der Waals surface area contributed by atoms with Gasteiger partial charge in [-0.3, -0.25) is 0 Å². The molecule has 0 heterocycles. The monoisotopic (exact) mass is 550 g/mol. The molecule has 0 N–H and O–H groups in total. The summed E-state index contributed by atoms with van der Waals surface area (Å²) >= 11 is 0. The van der Waals surface area contributed by atoms with E-state index in [1.54, 1.807) is 0 Å². The molecule has 0 bridgehead atoms. The molecular formula is C22H52O3P6. The van der Waals surface area contributed by atoms with Gasteiger partial charge in [0, 0.05) is 18.0 Å². The molecule has 0 saturated carbocycles. The van der Waals surface area contributed by atoms with Crippen LogP contribution in [-0.2, 0) is 13.6 Å². The molecule has 0 rings (SSSR count). The van der Waals surface area contributed by atoms with Gasteiger partial charge in [0.1, 0.15) is 0 Å². The van der Waals surface area contributed by atoms with Gasteiger partial charge in [-0.2, -0.15) is 0 Å². The molecule has 0 saturated heterocycles. The van der Waals surface area contributed by atoms with E-state index in [4.69, 9.17) is 13.6 Å². The molecule has 0 aromatic rings. The van der Waals surface area contributed by atoms with Crippen molar-refractivity contribution in [3.8, 4) is 0 Å². The van der Waals surface area contributed by atoms with Gasteiger partial charge >= 0.3 is 0 Å². The molecule has 0 aliphatic carbocycles. The second kappa shape index (κ2) is 27.1. The topological polar surface area (TPSA) is 27.7 Å². The van der Waals surface area contributed by atoms with Crippen molar-refractivity contribution in [1.82, 2.24) is 0 Å². The third kappa shape index (κ3) is 25.4. The smallest absolute Gasteiger partial charge is 0.0639 e. The van der Waals surface area contributed by atoms with Gasteiger partial charge in [0.2, 0.25) is 0 Å². The van der Waals surface area contributed by atoms with E-state index in [1.807, 2.05) is 0 Å². The largest absolute Gasteiger partial charge is 0.362 e. The highest BCUT2D eigenvalue weighted by atomic mass is 32.4. The Morgan fingerprint density at radius 1 is 0.677 bits per heavy atom. The molecule has 0 spiro atoms. The Morgan fingerprint density at radius 3 is 1.55 bits per heavy atom. The van der Waals surface area contributed by atoms with Crippen molar-refractivity contribution >= 4 is 52.3 Å². The number of unbranched alkanes of at least 4 members (excludes halogenated alkanes) is 11. The Hall–Kier alpha value is 2.46. The van der Waals surface area contributed by atoms with Crippen molar-refractivity contribution in [2.75, 3.05) is 6.61 Å². The van der Waals surface area contributed by atoms with E-state index in [-0.39, 0.29) is 7.53 Å². The lowest BCUT2D eigenvalue weighted by Gasteiger charge is -2.16. The third-order valence-corrected chi connectivity index (χ3v) is 8.39. The summed E-state index contributed by atoms with van der Waals surface area (Å²) in [7, 11) is 10.8. The van der Waals surface area contributed by atoms with Crippen LogP contribution in [0.3, 0.4) is 0 Å². The van der Waals surface area contributed by atoms with Crippen LogP contribution < -0.4 is 0 Å². The van der Waals surface area contributed by atoms with E-state index in [1.165, 1.54) is 116 Å². The number of rotatable bonds is 25. The van der Waals surface area contributed by atoms with E-state index >= 15 is 0 Å². The first kappa shape index (κ1) is 33.5. The maximum Gasteiger partial charge on any atom is 0.0639 e. The van der Waals surface area contributed by atoms with Gasteiger partial charge in [-0.25, -0.2) is 0 Å². The quantitative estimate of drug-likeness (QED) is 0.0836. The lowest BCUT2D eigenvalue weighted by atomic mass is 10.0. The zero-order valence-electron chi connectivity index (χ0n) is 20.1. The Balaban J connectivity index is 3.45. The molecule has 0 amide bonds. The zero-order chi connectivity index (χ0) is 23.0. The summed E-state index contributed by atoms with van der Waals surface area (Å²) in [6.45, 7) is 3.13. The Morgan fingerprint density at radius 2 is 1.13 bits per heavy atom. The summed E-state index contributed by atoms with van der Waals surface area (Å²) in [4.78, 5) is 0. The van der Waals surface area contributed by atoms with Gasteiger partial charge in [0.15, 0.2) is 0 Å². The van der Waals surface area contributed by atoms with Gasteiger partial charge in [0.25, 0.3) is 0 Å². The molecule has 0 aliphatic rings. The van der Waals surface area contributed by atoms with E-state index in [0.717, 1.165) is 6.61 Å². The Labute approximate surface area is 206 Å². The summed E-state index contributed by atoms with van der Waals surface area (Å²) in [5.74, 6) is 0. The lowest BCUT2D eigenvalue weighted by molar-refractivity contribution is 0.201. The zero-order valence-corrected chi connectivity index (χ0v) is 26.6. The van der Waals surface area contributed by atoms with Gasteiger partial charge < -0.3 is 13.6 Å². The van der Waals surface area contributed by atoms with Crippen LogP contribution in [0.1, 0.15) is 122 Å². The minimum absolute atomic E-state index is 0.362. The van der Waals surface area contributed by atoms with Crippen molar-refractivity contribution < 1.29 is 13.6 Å². The molecule has 9 heteroatoms. The summed E-state index contributed by atoms with van der Waals surface area (Å²) in [5, 5.41) is 0. The molecule has 7 unspecified atom stereocenters. The highest BCUT2D eigenvalue weighted by Gasteiger charge is 2.08.